The van der Waals surface area contributed by atoms with Crippen molar-refractivity contribution < 1.29 is 8.42 Å². The molecule has 102 valence electrons. The standard InChI is InChI=1S/C13H17N3O2S/c1-8-5-6-14-12(8)13-15-10-4-3-9(19(2,17)18)7-11(10)16-13/h3-4,7-8,12,14H,5-6H2,1-2H3,(H,15,16). The second kappa shape index (κ2) is 4.31. The first kappa shape index (κ1) is 12.6. The Morgan fingerprint density at radius 3 is 2.79 bits per heavy atom. The van der Waals surface area contributed by atoms with Gasteiger partial charge in [0.25, 0.3) is 0 Å². The van der Waals surface area contributed by atoms with Crippen LogP contribution in [0.25, 0.3) is 11.0 Å². The van der Waals surface area contributed by atoms with E-state index < -0.39 is 9.84 Å². The smallest absolute Gasteiger partial charge is 0.175 e. The number of hydrogen-bond acceptors (Lipinski definition) is 4. The van der Waals surface area contributed by atoms with Crippen molar-refractivity contribution in [1.29, 1.82) is 0 Å². The summed E-state index contributed by atoms with van der Waals surface area (Å²) in [6.45, 7) is 3.19. The van der Waals surface area contributed by atoms with Crippen molar-refractivity contribution in [2.45, 2.75) is 24.3 Å². The normalized spacial score (nSPS) is 24.1. The van der Waals surface area contributed by atoms with Crippen LogP contribution in [0.2, 0.25) is 0 Å². The lowest BCUT2D eigenvalue weighted by Crippen LogP contribution is -2.17. The third-order valence-corrected chi connectivity index (χ3v) is 4.84. The second-order valence-electron chi connectivity index (χ2n) is 5.27. The van der Waals surface area contributed by atoms with Crippen LogP contribution in [0.5, 0.6) is 0 Å². The Labute approximate surface area is 112 Å². The van der Waals surface area contributed by atoms with Gasteiger partial charge in [0, 0.05) is 6.26 Å². The number of rotatable bonds is 2. The summed E-state index contributed by atoms with van der Waals surface area (Å²) >= 11 is 0. The minimum atomic E-state index is -3.18. The minimum absolute atomic E-state index is 0.231. The van der Waals surface area contributed by atoms with E-state index in [-0.39, 0.29) is 6.04 Å². The molecule has 0 radical (unpaired) electrons. The predicted molar refractivity (Wildman–Crippen MR) is 73.7 cm³/mol. The molecule has 0 saturated carbocycles. The summed E-state index contributed by atoms with van der Waals surface area (Å²) in [5.74, 6) is 1.43. The third kappa shape index (κ3) is 2.26. The maximum Gasteiger partial charge on any atom is 0.175 e. The Morgan fingerprint density at radius 1 is 1.37 bits per heavy atom. The third-order valence-electron chi connectivity index (χ3n) is 3.73. The molecule has 5 nitrogen and oxygen atoms in total. The molecule has 1 aliphatic heterocycles. The Bertz CT molecular complexity index is 721. The van der Waals surface area contributed by atoms with Gasteiger partial charge >= 0.3 is 0 Å². The van der Waals surface area contributed by atoms with Crippen LogP contribution in [0.4, 0.5) is 0 Å². The minimum Gasteiger partial charge on any atom is -0.341 e. The number of H-pyrrole nitrogens is 1. The molecule has 1 aromatic heterocycles. The largest absolute Gasteiger partial charge is 0.341 e. The van der Waals surface area contributed by atoms with Gasteiger partial charge in [-0.25, -0.2) is 13.4 Å². The fourth-order valence-electron chi connectivity index (χ4n) is 2.59. The zero-order chi connectivity index (χ0) is 13.6. The molecule has 1 saturated heterocycles. The zero-order valence-corrected chi connectivity index (χ0v) is 11.8. The Kier molecular flexibility index (Phi) is 2.87. The summed E-state index contributed by atoms with van der Waals surface area (Å²) in [6.07, 6.45) is 2.35. The van der Waals surface area contributed by atoms with Gasteiger partial charge < -0.3 is 10.3 Å². The summed E-state index contributed by atoms with van der Waals surface area (Å²) in [6, 6.07) is 5.24. The maximum atomic E-state index is 11.5. The molecule has 2 N–H and O–H groups in total. The predicted octanol–water partition coefficient (Wildman–Crippen LogP) is 1.64. The number of benzene rings is 1. The van der Waals surface area contributed by atoms with Crippen molar-refractivity contribution in [3.8, 4) is 0 Å². The van der Waals surface area contributed by atoms with E-state index in [1.807, 2.05) is 0 Å². The molecular formula is C13H17N3O2S. The Hall–Kier alpha value is -1.40. The monoisotopic (exact) mass is 279 g/mol. The number of nitrogens with one attached hydrogen (secondary N) is 2. The van der Waals surface area contributed by atoms with E-state index >= 15 is 0 Å². The lowest BCUT2D eigenvalue weighted by atomic mass is 10.0. The second-order valence-corrected chi connectivity index (χ2v) is 7.29. The first-order chi connectivity index (χ1) is 8.95. The topological polar surface area (TPSA) is 74.8 Å². The highest BCUT2D eigenvalue weighted by atomic mass is 32.2. The first-order valence-corrected chi connectivity index (χ1v) is 8.27. The van der Waals surface area contributed by atoms with Crippen LogP contribution in [-0.4, -0.2) is 31.2 Å². The number of fused-ring (bicyclic) bond motifs is 1. The molecular weight excluding hydrogens is 262 g/mol. The van der Waals surface area contributed by atoms with Gasteiger partial charge in [0.2, 0.25) is 0 Å². The molecule has 0 spiro atoms. The fraction of sp³-hybridized carbons (Fsp3) is 0.462. The van der Waals surface area contributed by atoms with E-state index in [4.69, 9.17) is 0 Å². The summed E-state index contributed by atoms with van der Waals surface area (Å²) in [7, 11) is -3.18. The van der Waals surface area contributed by atoms with Crippen molar-refractivity contribution in [3.63, 3.8) is 0 Å². The molecule has 1 aliphatic rings. The molecule has 0 bridgehead atoms. The molecule has 1 fully saturated rings. The van der Waals surface area contributed by atoms with Crippen molar-refractivity contribution in [1.82, 2.24) is 15.3 Å². The number of imidazole rings is 1. The molecule has 19 heavy (non-hydrogen) atoms. The van der Waals surface area contributed by atoms with E-state index in [2.05, 4.69) is 22.2 Å². The SMILES string of the molecule is CC1CCNC1c1nc2ccc(S(C)(=O)=O)cc2[nH]1. The summed E-state index contributed by atoms with van der Waals surface area (Å²) in [5, 5.41) is 3.42. The van der Waals surface area contributed by atoms with Crippen LogP contribution in [-0.2, 0) is 9.84 Å². The van der Waals surface area contributed by atoms with Gasteiger partial charge in [-0.05, 0) is 37.1 Å². The molecule has 0 aliphatic carbocycles. The molecule has 3 rings (SSSR count). The average molecular weight is 279 g/mol. The fourth-order valence-corrected chi connectivity index (χ4v) is 3.23. The molecule has 2 unspecified atom stereocenters. The highest BCUT2D eigenvalue weighted by Gasteiger charge is 2.27. The van der Waals surface area contributed by atoms with Crippen LogP contribution < -0.4 is 5.32 Å². The lowest BCUT2D eigenvalue weighted by molar-refractivity contribution is 0.484. The van der Waals surface area contributed by atoms with E-state index in [1.165, 1.54) is 6.26 Å². The van der Waals surface area contributed by atoms with Crippen molar-refractivity contribution in [3.05, 3.63) is 24.0 Å². The van der Waals surface area contributed by atoms with Gasteiger partial charge in [-0.15, -0.1) is 0 Å². The first-order valence-electron chi connectivity index (χ1n) is 6.38. The van der Waals surface area contributed by atoms with Crippen LogP contribution in [0.1, 0.15) is 25.2 Å². The Morgan fingerprint density at radius 2 is 2.16 bits per heavy atom. The summed E-state index contributed by atoms with van der Waals surface area (Å²) in [5.41, 5.74) is 1.59. The van der Waals surface area contributed by atoms with Crippen LogP contribution in [0, 0.1) is 5.92 Å². The average Bonchev–Trinajstić information content (AvgIpc) is 2.91. The van der Waals surface area contributed by atoms with Gasteiger partial charge in [-0.3, -0.25) is 0 Å². The van der Waals surface area contributed by atoms with Gasteiger partial charge in [0.15, 0.2) is 9.84 Å². The number of nitrogens with zero attached hydrogens (tertiary/aromatic N) is 1. The highest BCUT2D eigenvalue weighted by molar-refractivity contribution is 7.90. The number of hydrogen-bond donors (Lipinski definition) is 2. The number of aromatic amines is 1. The molecule has 6 heteroatoms. The van der Waals surface area contributed by atoms with E-state index in [0.717, 1.165) is 29.8 Å². The molecule has 1 aromatic carbocycles. The summed E-state index contributed by atoms with van der Waals surface area (Å²) < 4.78 is 23.1. The van der Waals surface area contributed by atoms with Gasteiger partial charge in [0.1, 0.15) is 5.82 Å². The van der Waals surface area contributed by atoms with Crippen molar-refractivity contribution >= 4 is 20.9 Å². The lowest BCUT2D eigenvalue weighted by Gasteiger charge is -2.11. The van der Waals surface area contributed by atoms with E-state index in [9.17, 15) is 8.42 Å². The molecule has 0 amide bonds. The number of sulfone groups is 1. The number of aromatic nitrogens is 2. The van der Waals surface area contributed by atoms with Crippen molar-refractivity contribution in [2.24, 2.45) is 5.92 Å². The molecule has 2 aromatic rings. The van der Waals surface area contributed by atoms with Crippen LogP contribution in [0.3, 0.4) is 0 Å². The molecule has 2 atom stereocenters. The molecule has 2 heterocycles. The quantitative estimate of drug-likeness (QED) is 0.876. The zero-order valence-electron chi connectivity index (χ0n) is 11.0. The van der Waals surface area contributed by atoms with E-state index in [0.29, 0.717) is 10.8 Å². The maximum absolute atomic E-state index is 11.5. The summed E-state index contributed by atoms with van der Waals surface area (Å²) in [4.78, 5) is 8.12. The van der Waals surface area contributed by atoms with Crippen LogP contribution in [0.15, 0.2) is 23.1 Å². The van der Waals surface area contributed by atoms with Crippen molar-refractivity contribution in [2.75, 3.05) is 12.8 Å². The van der Waals surface area contributed by atoms with Gasteiger partial charge in [0.05, 0.1) is 22.0 Å². The van der Waals surface area contributed by atoms with Gasteiger partial charge in [-0.2, -0.15) is 0 Å². The van der Waals surface area contributed by atoms with Crippen LogP contribution >= 0.6 is 0 Å². The van der Waals surface area contributed by atoms with E-state index in [1.54, 1.807) is 18.2 Å². The highest BCUT2D eigenvalue weighted by Crippen LogP contribution is 2.29. The Balaban J connectivity index is 2.06. The van der Waals surface area contributed by atoms with Gasteiger partial charge in [-0.1, -0.05) is 6.92 Å².